The molecule has 0 radical (unpaired) electrons. The molecule has 1 saturated carbocycles. The maximum absolute atomic E-state index is 12.4. The van der Waals surface area contributed by atoms with Crippen molar-refractivity contribution >= 4 is 27.3 Å². The lowest BCUT2D eigenvalue weighted by Gasteiger charge is -2.38. The number of aryl methyl sites for hydroxylation is 1. The van der Waals surface area contributed by atoms with Crippen LogP contribution >= 0.6 is 11.3 Å². The molecule has 0 aromatic carbocycles. The number of carbonyl (C=O) groups excluding carboxylic acids is 1. The highest BCUT2D eigenvalue weighted by atomic mass is 32.2. The van der Waals surface area contributed by atoms with Gasteiger partial charge in [-0.25, -0.2) is 17.9 Å². The number of methoxy groups -OCH3 is 1. The van der Waals surface area contributed by atoms with Gasteiger partial charge in [0.2, 0.25) is 10.0 Å². The van der Waals surface area contributed by atoms with Gasteiger partial charge in [0.25, 0.3) is 0 Å². The fraction of sp³-hybridized carbons (Fsp3) is 0.583. The van der Waals surface area contributed by atoms with Gasteiger partial charge in [-0.15, -0.1) is 11.3 Å². The summed E-state index contributed by atoms with van der Waals surface area (Å²) in [5.74, 6) is -0.644. The normalized spacial score (nSPS) is 17.6. The average molecular weight is 318 g/mol. The van der Waals surface area contributed by atoms with E-state index in [4.69, 9.17) is 5.73 Å². The molecule has 0 saturated heterocycles. The first-order chi connectivity index (χ1) is 9.29. The van der Waals surface area contributed by atoms with Crippen molar-refractivity contribution in [3.63, 3.8) is 0 Å². The number of rotatable bonds is 5. The van der Waals surface area contributed by atoms with Crippen LogP contribution < -0.4 is 10.5 Å². The lowest BCUT2D eigenvalue weighted by atomic mass is 9.78. The molecule has 0 atom stereocenters. The molecule has 8 heteroatoms. The van der Waals surface area contributed by atoms with Crippen LogP contribution in [0.1, 0.15) is 34.5 Å². The third-order valence-corrected chi connectivity index (χ3v) is 6.32. The molecule has 1 aliphatic carbocycles. The van der Waals surface area contributed by atoms with Crippen molar-refractivity contribution in [2.75, 3.05) is 13.7 Å². The van der Waals surface area contributed by atoms with Gasteiger partial charge in [0.05, 0.1) is 7.11 Å². The lowest BCUT2D eigenvalue weighted by Crippen LogP contribution is -2.54. The first kappa shape index (κ1) is 15.4. The van der Waals surface area contributed by atoms with E-state index in [0.717, 1.165) is 30.6 Å². The third kappa shape index (κ3) is 2.88. The van der Waals surface area contributed by atoms with Gasteiger partial charge in [0, 0.05) is 12.1 Å². The van der Waals surface area contributed by atoms with E-state index in [0.29, 0.717) is 5.56 Å². The summed E-state index contributed by atoms with van der Waals surface area (Å²) in [5, 5.41) is 1.63. The van der Waals surface area contributed by atoms with E-state index < -0.39 is 21.5 Å². The smallest absolute Gasteiger partial charge is 0.349 e. The van der Waals surface area contributed by atoms with E-state index in [2.05, 4.69) is 9.46 Å². The Hall–Kier alpha value is -0.960. The second kappa shape index (κ2) is 5.44. The molecule has 0 aliphatic heterocycles. The van der Waals surface area contributed by atoms with E-state index in [9.17, 15) is 13.2 Å². The molecule has 0 bridgehead atoms. The van der Waals surface area contributed by atoms with Gasteiger partial charge in [-0.05, 0) is 37.1 Å². The highest BCUT2D eigenvalue weighted by molar-refractivity contribution is 7.89. The zero-order chi connectivity index (χ0) is 15.0. The van der Waals surface area contributed by atoms with E-state index in [1.807, 2.05) is 0 Å². The van der Waals surface area contributed by atoms with Gasteiger partial charge in [-0.2, -0.15) is 0 Å². The topological polar surface area (TPSA) is 98.5 Å². The number of hydrogen-bond donors (Lipinski definition) is 2. The third-order valence-electron chi connectivity index (χ3n) is 3.52. The Labute approximate surface area is 122 Å². The van der Waals surface area contributed by atoms with E-state index in [1.54, 1.807) is 12.3 Å². The Bertz CT molecular complexity index is 617. The number of ether oxygens (including phenoxy) is 1. The Morgan fingerprint density at radius 2 is 2.20 bits per heavy atom. The summed E-state index contributed by atoms with van der Waals surface area (Å²) < 4.78 is 31.9. The highest BCUT2D eigenvalue weighted by Crippen LogP contribution is 2.30. The number of sulfonamides is 1. The van der Waals surface area contributed by atoms with Crippen LogP contribution in [-0.4, -0.2) is 33.6 Å². The summed E-state index contributed by atoms with van der Waals surface area (Å²) >= 11 is 1.06. The Balaban J connectivity index is 2.25. The van der Waals surface area contributed by atoms with Crippen molar-refractivity contribution in [2.45, 2.75) is 36.6 Å². The van der Waals surface area contributed by atoms with Gasteiger partial charge in [0.1, 0.15) is 9.77 Å². The number of thiophene rings is 1. The number of esters is 1. The molecule has 20 heavy (non-hydrogen) atoms. The van der Waals surface area contributed by atoms with Crippen LogP contribution in [-0.2, 0) is 14.8 Å². The summed E-state index contributed by atoms with van der Waals surface area (Å²) in [6.07, 6.45) is 2.63. The van der Waals surface area contributed by atoms with Gasteiger partial charge in [0.15, 0.2) is 0 Å². The Morgan fingerprint density at radius 3 is 2.70 bits per heavy atom. The lowest BCUT2D eigenvalue weighted by molar-refractivity contribution is 0.0602. The molecule has 1 heterocycles. The predicted octanol–water partition coefficient (Wildman–Crippen LogP) is 1.00. The Morgan fingerprint density at radius 1 is 1.55 bits per heavy atom. The van der Waals surface area contributed by atoms with Crippen LogP contribution in [0.2, 0.25) is 0 Å². The molecule has 0 unspecified atom stereocenters. The average Bonchev–Trinajstić information content (AvgIpc) is 2.76. The number of nitrogens with one attached hydrogen (secondary N) is 1. The predicted molar refractivity (Wildman–Crippen MR) is 76.4 cm³/mol. The standard InChI is InChI=1S/C12H18N2O4S2/c1-8-6-19-9(11(15)18-2)10(8)20(16,17)14-7-12(13)4-3-5-12/h6,14H,3-5,7,13H2,1-2H3. The second-order valence-corrected chi connectivity index (χ2v) is 7.69. The Kier molecular flexibility index (Phi) is 4.19. The number of nitrogens with two attached hydrogens (primary N) is 1. The van der Waals surface area contributed by atoms with Crippen molar-refractivity contribution in [3.8, 4) is 0 Å². The fourth-order valence-corrected chi connectivity index (χ4v) is 4.96. The summed E-state index contributed by atoms with van der Waals surface area (Å²) in [5.41, 5.74) is 6.08. The molecule has 1 aromatic heterocycles. The molecule has 3 N–H and O–H groups in total. The molecular formula is C12H18N2O4S2. The minimum Gasteiger partial charge on any atom is -0.465 e. The van der Waals surface area contributed by atoms with E-state index >= 15 is 0 Å². The summed E-state index contributed by atoms with van der Waals surface area (Å²) in [4.78, 5) is 11.7. The van der Waals surface area contributed by atoms with Crippen molar-refractivity contribution in [3.05, 3.63) is 15.8 Å². The monoisotopic (exact) mass is 318 g/mol. The van der Waals surface area contributed by atoms with E-state index in [-0.39, 0.29) is 16.3 Å². The summed E-state index contributed by atoms with van der Waals surface area (Å²) in [7, 11) is -2.54. The van der Waals surface area contributed by atoms with Gasteiger partial charge in [-0.3, -0.25) is 0 Å². The molecule has 112 valence electrons. The van der Waals surface area contributed by atoms with Crippen LogP contribution in [0, 0.1) is 6.92 Å². The van der Waals surface area contributed by atoms with Crippen LogP contribution in [0.4, 0.5) is 0 Å². The van der Waals surface area contributed by atoms with Gasteiger partial charge < -0.3 is 10.5 Å². The minimum absolute atomic E-state index is 0.00252. The van der Waals surface area contributed by atoms with Crippen molar-refractivity contribution in [2.24, 2.45) is 5.73 Å². The maximum Gasteiger partial charge on any atom is 0.349 e. The second-order valence-electron chi connectivity index (χ2n) is 5.11. The first-order valence-electron chi connectivity index (χ1n) is 6.24. The van der Waals surface area contributed by atoms with Crippen molar-refractivity contribution < 1.29 is 17.9 Å². The zero-order valence-electron chi connectivity index (χ0n) is 11.4. The molecule has 2 rings (SSSR count). The maximum atomic E-state index is 12.4. The summed E-state index contributed by atoms with van der Waals surface area (Å²) in [6, 6.07) is 0. The summed E-state index contributed by atoms with van der Waals surface area (Å²) in [6.45, 7) is 1.84. The van der Waals surface area contributed by atoms with Crippen LogP contribution in [0.5, 0.6) is 0 Å². The van der Waals surface area contributed by atoms with Gasteiger partial charge >= 0.3 is 5.97 Å². The number of hydrogen-bond acceptors (Lipinski definition) is 6. The minimum atomic E-state index is -3.76. The van der Waals surface area contributed by atoms with Gasteiger partial charge in [-0.1, -0.05) is 0 Å². The highest BCUT2D eigenvalue weighted by Gasteiger charge is 2.35. The zero-order valence-corrected chi connectivity index (χ0v) is 13.1. The van der Waals surface area contributed by atoms with E-state index in [1.165, 1.54) is 7.11 Å². The molecule has 1 aliphatic rings. The molecule has 0 spiro atoms. The van der Waals surface area contributed by atoms with Crippen molar-refractivity contribution in [1.82, 2.24) is 4.72 Å². The molecule has 0 amide bonds. The molecule has 1 fully saturated rings. The van der Waals surface area contributed by atoms with Crippen LogP contribution in [0.25, 0.3) is 0 Å². The molecule has 1 aromatic rings. The SMILES string of the molecule is COC(=O)c1scc(C)c1S(=O)(=O)NCC1(N)CCC1. The van der Waals surface area contributed by atoms with Crippen LogP contribution in [0.15, 0.2) is 10.3 Å². The quantitative estimate of drug-likeness (QED) is 0.789. The first-order valence-corrected chi connectivity index (χ1v) is 8.60. The van der Waals surface area contributed by atoms with Crippen molar-refractivity contribution in [1.29, 1.82) is 0 Å². The molecule has 6 nitrogen and oxygen atoms in total. The largest absolute Gasteiger partial charge is 0.465 e. The molecular weight excluding hydrogens is 300 g/mol. The van der Waals surface area contributed by atoms with Crippen LogP contribution in [0.3, 0.4) is 0 Å². The number of carbonyl (C=O) groups is 1. The fourth-order valence-electron chi connectivity index (χ4n) is 2.12.